The number of nitrogens with one attached hydrogen (secondary N) is 2. The highest BCUT2D eigenvalue weighted by molar-refractivity contribution is 6.00. The van der Waals surface area contributed by atoms with E-state index in [0.29, 0.717) is 13.0 Å². The van der Waals surface area contributed by atoms with Gasteiger partial charge in [-0.05, 0) is 18.1 Å². The first-order valence-electron chi connectivity index (χ1n) is 7.90. The molecule has 2 aliphatic heterocycles. The number of imidazole rings is 1. The number of aromatic nitrogens is 2. The van der Waals surface area contributed by atoms with Crippen LogP contribution in [-0.4, -0.2) is 27.4 Å². The predicted molar refractivity (Wildman–Crippen MR) is 84.7 cm³/mol. The van der Waals surface area contributed by atoms with E-state index in [1.165, 1.54) is 0 Å². The SMILES string of the molecule is O=C(NC1Cc2ccccc2NC1=O)C1CCc2nccn2C1. The van der Waals surface area contributed by atoms with Crippen LogP contribution in [0.2, 0.25) is 0 Å². The number of nitrogens with zero attached hydrogens (tertiary/aromatic N) is 2. The van der Waals surface area contributed by atoms with Gasteiger partial charge in [0.05, 0.1) is 5.92 Å². The van der Waals surface area contributed by atoms with E-state index in [4.69, 9.17) is 0 Å². The lowest BCUT2D eigenvalue weighted by atomic mass is 9.95. The molecule has 3 heterocycles. The number of hydrogen-bond donors (Lipinski definition) is 2. The molecule has 2 N–H and O–H groups in total. The van der Waals surface area contributed by atoms with Gasteiger partial charge in [-0.15, -0.1) is 0 Å². The number of amides is 2. The van der Waals surface area contributed by atoms with Crippen molar-refractivity contribution in [2.75, 3.05) is 5.32 Å². The second kappa shape index (κ2) is 5.53. The molecule has 4 rings (SSSR count). The fourth-order valence-corrected chi connectivity index (χ4v) is 3.34. The van der Waals surface area contributed by atoms with Gasteiger partial charge in [0.1, 0.15) is 11.9 Å². The maximum Gasteiger partial charge on any atom is 0.247 e. The Morgan fingerprint density at radius 2 is 2.22 bits per heavy atom. The number of carbonyl (C=O) groups is 2. The molecule has 2 atom stereocenters. The Kier molecular flexibility index (Phi) is 3.37. The van der Waals surface area contributed by atoms with E-state index in [9.17, 15) is 9.59 Å². The number of aryl methyl sites for hydroxylation is 1. The van der Waals surface area contributed by atoms with Crippen LogP contribution in [0.1, 0.15) is 17.8 Å². The Balaban J connectivity index is 1.44. The Bertz CT molecular complexity index is 767. The van der Waals surface area contributed by atoms with Crippen LogP contribution in [0.25, 0.3) is 0 Å². The Hall–Kier alpha value is -2.63. The number of para-hydroxylation sites is 1. The maximum absolute atomic E-state index is 12.5. The molecule has 0 bridgehead atoms. The fraction of sp³-hybridized carbons (Fsp3) is 0.353. The zero-order valence-corrected chi connectivity index (χ0v) is 12.7. The van der Waals surface area contributed by atoms with Gasteiger partial charge in [0, 0.05) is 37.5 Å². The van der Waals surface area contributed by atoms with Crippen LogP contribution >= 0.6 is 0 Å². The van der Waals surface area contributed by atoms with Crippen LogP contribution in [0.5, 0.6) is 0 Å². The average molecular weight is 310 g/mol. The molecular weight excluding hydrogens is 292 g/mol. The largest absolute Gasteiger partial charge is 0.344 e. The van der Waals surface area contributed by atoms with Gasteiger partial charge < -0.3 is 15.2 Å². The van der Waals surface area contributed by atoms with Crippen molar-refractivity contribution in [1.82, 2.24) is 14.9 Å². The lowest BCUT2D eigenvalue weighted by molar-refractivity contribution is -0.130. The molecule has 0 spiro atoms. The predicted octanol–water partition coefficient (Wildman–Crippen LogP) is 1.13. The van der Waals surface area contributed by atoms with Crippen LogP contribution < -0.4 is 10.6 Å². The maximum atomic E-state index is 12.5. The molecule has 1 aromatic heterocycles. The fourth-order valence-electron chi connectivity index (χ4n) is 3.34. The molecule has 2 aromatic rings. The summed E-state index contributed by atoms with van der Waals surface area (Å²) < 4.78 is 2.02. The minimum atomic E-state index is -0.499. The van der Waals surface area contributed by atoms with Crippen LogP contribution in [0.3, 0.4) is 0 Å². The second-order valence-corrected chi connectivity index (χ2v) is 6.14. The minimum absolute atomic E-state index is 0.0520. The van der Waals surface area contributed by atoms with Gasteiger partial charge in [-0.1, -0.05) is 18.2 Å². The Morgan fingerprint density at radius 3 is 3.13 bits per heavy atom. The summed E-state index contributed by atoms with van der Waals surface area (Å²) >= 11 is 0. The molecule has 0 fully saturated rings. The number of rotatable bonds is 2. The van der Waals surface area contributed by atoms with Gasteiger partial charge in [-0.3, -0.25) is 9.59 Å². The van der Waals surface area contributed by atoms with E-state index in [2.05, 4.69) is 15.6 Å². The molecule has 1 aromatic carbocycles. The van der Waals surface area contributed by atoms with E-state index in [1.54, 1.807) is 6.20 Å². The molecule has 0 aliphatic carbocycles. The lowest BCUT2D eigenvalue weighted by Gasteiger charge is -2.28. The summed E-state index contributed by atoms with van der Waals surface area (Å²) in [6.45, 7) is 0.631. The van der Waals surface area contributed by atoms with Crippen molar-refractivity contribution >= 4 is 17.5 Å². The van der Waals surface area contributed by atoms with E-state index in [0.717, 1.165) is 29.9 Å². The summed E-state index contributed by atoms with van der Waals surface area (Å²) in [5.41, 5.74) is 1.89. The topological polar surface area (TPSA) is 76.0 Å². The van der Waals surface area contributed by atoms with Crippen molar-refractivity contribution < 1.29 is 9.59 Å². The number of benzene rings is 1. The Morgan fingerprint density at radius 1 is 1.35 bits per heavy atom. The molecule has 6 heteroatoms. The summed E-state index contributed by atoms with van der Waals surface area (Å²) in [5.74, 6) is 0.722. The van der Waals surface area contributed by atoms with E-state index >= 15 is 0 Å². The normalized spacial score (nSPS) is 22.7. The number of fused-ring (bicyclic) bond motifs is 2. The van der Waals surface area contributed by atoms with Crippen molar-refractivity contribution in [3.05, 3.63) is 48.0 Å². The van der Waals surface area contributed by atoms with E-state index in [-0.39, 0.29) is 17.7 Å². The summed E-state index contributed by atoms with van der Waals surface area (Å²) in [6.07, 6.45) is 5.77. The number of anilines is 1. The summed E-state index contributed by atoms with van der Waals surface area (Å²) in [7, 11) is 0. The zero-order valence-electron chi connectivity index (χ0n) is 12.7. The summed E-state index contributed by atoms with van der Waals surface area (Å²) in [5, 5.41) is 5.78. The number of hydrogen-bond acceptors (Lipinski definition) is 3. The first-order chi connectivity index (χ1) is 11.2. The molecule has 118 valence electrons. The summed E-state index contributed by atoms with van der Waals surface area (Å²) in [6, 6.07) is 7.19. The van der Waals surface area contributed by atoms with Crippen molar-refractivity contribution in [1.29, 1.82) is 0 Å². The Labute approximate surface area is 133 Å². The average Bonchev–Trinajstić information content (AvgIpc) is 3.03. The van der Waals surface area contributed by atoms with Gasteiger partial charge in [0.15, 0.2) is 0 Å². The van der Waals surface area contributed by atoms with Crippen molar-refractivity contribution in [2.45, 2.75) is 31.8 Å². The third-order valence-electron chi connectivity index (χ3n) is 4.64. The van der Waals surface area contributed by atoms with Crippen LogP contribution in [0.15, 0.2) is 36.7 Å². The third kappa shape index (κ3) is 2.60. The molecular formula is C17H18N4O2. The first kappa shape index (κ1) is 14.0. The zero-order chi connectivity index (χ0) is 15.8. The highest BCUT2D eigenvalue weighted by Gasteiger charge is 2.31. The molecule has 6 nitrogen and oxygen atoms in total. The van der Waals surface area contributed by atoms with E-state index in [1.807, 2.05) is 35.0 Å². The second-order valence-electron chi connectivity index (χ2n) is 6.14. The van der Waals surface area contributed by atoms with Crippen LogP contribution in [0, 0.1) is 5.92 Å². The van der Waals surface area contributed by atoms with Gasteiger partial charge in [0.2, 0.25) is 11.8 Å². The summed E-state index contributed by atoms with van der Waals surface area (Å²) in [4.78, 5) is 29.0. The number of carbonyl (C=O) groups excluding carboxylic acids is 2. The highest BCUT2D eigenvalue weighted by atomic mass is 16.2. The first-order valence-corrected chi connectivity index (χ1v) is 7.90. The molecule has 0 saturated heterocycles. The van der Waals surface area contributed by atoms with Gasteiger partial charge >= 0.3 is 0 Å². The van der Waals surface area contributed by atoms with Crippen molar-refractivity contribution in [3.8, 4) is 0 Å². The molecule has 0 saturated carbocycles. The smallest absolute Gasteiger partial charge is 0.247 e. The van der Waals surface area contributed by atoms with Crippen LogP contribution in [-0.2, 0) is 29.0 Å². The van der Waals surface area contributed by atoms with Crippen LogP contribution in [0.4, 0.5) is 5.69 Å². The molecule has 2 unspecified atom stereocenters. The van der Waals surface area contributed by atoms with E-state index < -0.39 is 6.04 Å². The quantitative estimate of drug-likeness (QED) is 0.873. The third-order valence-corrected chi connectivity index (χ3v) is 4.64. The van der Waals surface area contributed by atoms with Gasteiger partial charge in [-0.25, -0.2) is 4.98 Å². The molecule has 2 aliphatic rings. The highest BCUT2D eigenvalue weighted by Crippen LogP contribution is 2.23. The standard InChI is InChI=1S/C17H18N4O2/c22-16(12-5-6-15-18-7-8-21(15)10-12)20-14-9-11-3-1-2-4-13(11)19-17(14)23/h1-4,7-8,12,14H,5-6,9-10H2,(H,19,23)(H,20,22). The van der Waals surface area contributed by atoms with Gasteiger partial charge in [0.25, 0.3) is 0 Å². The molecule has 2 amide bonds. The minimum Gasteiger partial charge on any atom is -0.344 e. The van der Waals surface area contributed by atoms with Crippen molar-refractivity contribution in [2.24, 2.45) is 5.92 Å². The monoisotopic (exact) mass is 310 g/mol. The van der Waals surface area contributed by atoms with Crippen molar-refractivity contribution in [3.63, 3.8) is 0 Å². The molecule has 23 heavy (non-hydrogen) atoms. The van der Waals surface area contributed by atoms with Gasteiger partial charge in [-0.2, -0.15) is 0 Å². The lowest BCUT2D eigenvalue weighted by Crippen LogP contribution is -2.50. The molecule has 0 radical (unpaired) electrons.